The van der Waals surface area contributed by atoms with Crippen LogP contribution in [-0.2, 0) is 0 Å². The van der Waals surface area contributed by atoms with Crippen molar-refractivity contribution in [2.75, 3.05) is 12.3 Å². The van der Waals surface area contributed by atoms with Crippen molar-refractivity contribution >= 4 is 18.3 Å². The van der Waals surface area contributed by atoms with Gasteiger partial charge in [0.05, 0.1) is 6.04 Å². The fraction of sp³-hybridized carbons (Fsp3) is 0.929. The second-order valence-corrected chi connectivity index (χ2v) is 5.56. The van der Waals surface area contributed by atoms with Gasteiger partial charge in [0.25, 0.3) is 0 Å². The van der Waals surface area contributed by atoms with Crippen molar-refractivity contribution in [1.82, 2.24) is 0 Å². The highest BCUT2D eigenvalue weighted by molar-refractivity contribution is 7.80. The molecule has 0 rings (SSSR count). The van der Waals surface area contributed by atoms with Gasteiger partial charge in [-0.25, -0.2) is 5.53 Å². The molecule has 0 heterocycles. The Morgan fingerprint density at radius 3 is 2.16 bits per heavy atom. The summed E-state index contributed by atoms with van der Waals surface area (Å²) in [6, 6.07) is 0.0182. The van der Waals surface area contributed by atoms with E-state index < -0.39 is 0 Å². The van der Waals surface area contributed by atoms with Gasteiger partial charge in [0.15, 0.2) is 0 Å². The third-order valence-electron chi connectivity index (χ3n) is 3.32. The lowest BCUT2D eigenvalue weighted by Crippen LogP contribution is -2.11. The van der Waals surface area contributed by atoms with Gasteiger partial charge in [-0.1, -0.05) is 38.5 Å². The molecule has 1 atom stereocenters. The maximum atomic E-state index is 7.73. The summed E-state index contributed by atoms with van der Waals surface area (Å²) < 4.78 is 0. The molecule has 0 saturated carbocycles. The minimum absolute atomic E-state index is 0.0182. The number of unbranched alkanes of at least 4 members (excludes halogenated alkanes) is 6. The highest BCUT2D eigenvalue weighted by atomic mass is 32.1. The van der Waals surface area contributed by atoms with Crippen LogP contribution in [0.15, 0.2) is 5.11 Å². The van der Waals surface area contributed by atoms with Crippen LogP contribution in [0.3, 0.4) is 0 Å². The van der Waals surface area contributed by atoms with Crippen molar-refractivity contribution in [1.29, 1.82) is 10.9 Å². The van der Waals surface area contributed by atoms with Gasteiger partial charge < -0.3 is 11.1 Å². The van der Waals surface area contributed by atoms with Gasteiger partial charge in [0.1, 0.15) is 0 Å². The molecule has 0 aromatic rings. The number of nitrogens with zero attached hydrogens (tertiary/aromatic N) is 1. The zero-order valence-corrected chi connectivity index (χ0v) is 12.9. The molecule has 0 saturated heterocycles. The quantitative estimate of drug-likeness (QED) is 0.164. The van der Waals surface area contributed by atoms with Gasteiger partial charge in [-0.2, -0.15) is 17.7 Å². The monoisotopic (exact) mass is 286 g/mol. The zero-order valence-electron chi connectivity index (χ0n) is 12.0. The van der Waals surface area contributed by atoms with Crippen LogP contribution in [0.2, 0.25) is 0 Å². The third-order valence-corrected chi connectivity index (χ3v) is 3.54. The molecule has 0 amide bonds. The van der Waals surface area contributed by atoms with Crippen molar-refractivity contribution in [2.24, 2.45) is 10.8 Å². The number of hydrogen-bond acceptors (Lipinski definition) is 5. The van der Waals surface area contributed by atoms with Gasteiger partial charge in [-0.3, -0.25) is 0 Å². The number of rotatable bonds is 14. The van der Waals surface area contributed by atoms with E-state index in [0.717, 1.165) is 32.2 Å². The molecule has 19 heavy (non-hydrogen) atoms. The van der Waals surface area contributed by atoms with Crippen LogP contribution in [0.4, 0.5) is 0 Å². The minimum atomic E-state index is 0.0182. The molecular formula is C14H30N4S. The zero-order chi connectivity index (χ0) is 14.3. The van der Waals surface area contributed by atoms with E-state index >= 15 is 0 Å². The average Bonchev–Trinajstić information content (AvgIpc) is 2.40. The molecule has 1 unspecified atom stereocenters. The first-order valence-electron chi connectivity index (χ1n) is 7.48. The molecule has 4 N–H and O–H groups in total. The van der Waals surface area contributed by atoms with Gasteiger partial charge in [0, 0.05) is 12.1 Å². The van der Waals surface area contributed by atoms with Gasteiger partial charge in [0.2, 0.25) is 0 Å². The SMILES string of the molecule is N=NC(CCCCCCCCCN)CC(=N)CCS. The molecule has 0 spiro atoms. The highest BCUT2D eigenvalue weighted by Gasteiger charge is 2.09. The first kappa shape index (κ1) is 18.6. The second-order valence-electron chi connectivity index (χ2n) is 5.12. The Morgan fingerprint density at radius 2 is 1.63 bits per heavy atom. The van der Waals surface area contributed by atoms with Crippen LogP contribution >= 0.6 is 12.6 Å². The number of nitrogens with one attached hydrogen (secondary N) is 2. The molecular weight excluding hydrogens is 256 g/mol. The Hall–Kier alpha value is -0.420. The van der Waals surface area contributed by atoms with Gasteiger partial charge in [-0.05, 0) is 31.6 Å². The predicted octanol–water partition coefficient (Wildman–Crippen LogP) is 4.20. The fourth-order valence-corrected chi connectivity index (χ4v) is 2.41. The summed E-state index contributed by atoms with van der Waals surface area (Å²) in [5.41, 5.74) is 13.3. The third kappa shape index (κ3) is 12.4. The first-order valence-corrected chi connectivity index (χ1v) is 8.11. The summed E-state index contributed by atoms with van der Waals surface area (Å²) in [7, 11) is 0. The topological polar surface area (TPSA) is 86.1 Å². The molecule has 5 heteroatoms. The second kappa shape index (κ2) is 14.0. The lowest BCUT2D eigenvalue weighted by atomic mass is 10.0. The molecule has 0 bridgehead atoms. The standard InChI is InChI=1S/C14H30N4S/c15-10-7-5-3-1-2-4-6-8-14(18-17)12-13(16)9-11-19/h14,16-17,19H,1-12,15H2. The van der Waals surface area contributed by atoms with Gasteiger partial charge >= 0.3 is 0 Å². The largest absolute Gasteiger partial charge is 0.330 e. The summed E-state index contributed by atoms with van der Waals surface area (Å²) >= 11 is 4.12. The Balaban J connectivity index is 3.46. The van der Waals surface area contributed by atoms with Crippen LogP contribution in [0.1, 0.15) is 64.2 Å². The van der Waals surface area contributed by atoms with Crippen molar-refractivity contribution < 1.29 is 0 Å². The van der Waals surface area contributed by atoms with Crippen LogP contribution in [0.5, 0.6) is 0 Å². The fourth-order valence-electron chi connectivity index (χ4n) is 2.14. The van der Waals surface area contributed by atoms with E-state index in [0.29, 0.717) is 17.9 Å². The predicted molar refractivity (Wildman–Crippen MR) is 85.7 cm³/mol. The van der Waals surface area contributed by atoms with E-state index in [4.69, 9.17) is 16.7 Å². The van der Waals surface area contributed by atoms with E-state index in [-0.39, 0.29) is 6.04 Å². The Morgan fingerprint density at radius 1 is 1.05 bits per heavy atom. The molecule has 0 radical (unpaired) electrons. The van der Waals surface area contributed by atoms with Gasteiger partial charge in [-0.15, -0.1) is 0 Å². The number of hydrogen-bond donors (Lipinski definition) is 4. The summed E-state index contributed by atoms with van der Waals surface area (Å²) in [4.78, 5) is 0. The van der Waals surface area contributed by atoms with Crippen molar-refractivity contribution in [3.63, 3.8) is 0 Å². The van der Waals surface area contributed by atoms with E-state index in [9.17, 15) is 0 Å². The lowest BCUT2D eigenvalue weighted by molar-refractivity contribution is 0.519. The van der Waals surface area contributed by atoms with Crippen LogP contribution in [0, 0.1) is 10.9 Å². The first-order chi connectivity index (χ1) is 9.24. The van der Waals surface area contributed by atoms with Crippen molar-refractivity contribution in [2.45, 2.75) is 70.3 Å². The molecule has 0 aliphatic carbocycles. The summed E-state index contributed by atoms with van der Waals surface area (Å²) in [5.74, 6) is 0.715. The summed E-state index contributed by atoms with van der Waals surface area (Å²) in [6.07, 6.45) is 10.9. The Bertz CT molecular complexity index is 233. The smallest absolute Gasteiger partial charge is 0.0757 e. The molecule has 0 aliphatic heterocycles. The lowest BCUT2D eigenvalue weighted by Gasteiger charge is -2.10. The summed E-state index contributed by atoms with van der Waals surface area (Å²) in [6.45, 7) is 0.810. The Kier molecular flexibility index (Phi) is 13.7. The highest BCUT2D eigenvalue weighted by Crippen LogP contribution is 2.14. The molecule has 0 aromatic carbocycles. The Labute approximate surface area is 123 Å². The van der Waals surface area contributed by atoms with E-state index in [1.165, 1.54) is 32.1 Å². The van der Waals surface area contributed by atoms with Crippen LogP contribution < -0.4 is 5.73 Å². The average molecular weight is 286 g/mol. The number of nitrogens with two attached hydrogens (primary N) is 1. The van der Waals surface area contributed by atoms with E-state index in [1.807, 2.05) is 0 Å². The maximum absolute atomic E-state index is 7.73. The van der Waals surface area contributed by atoms with Crippen molar-refractivity contribution in [3.8, 4) is 0 Å². The maximum Gasteiger partial charge on any atom is 0.0757 e. The normalized spacial score (nSPS) is 12.3. The van der Waals surface area contributed by atoms with Crippen LogP contribution in [0.25, 0.3) is 0 Å². The molecule has 112 valence electrons. The van der Waals surface area contributed by atoms with Crippen molar-refractivity contribution in [3.05, 3.63) is 0 Å². The van der Waals surface area contributed by atoms with E-state index in [2.05, 4.69) is 17.7 Å². The summed E-state index contributed by atoms with van der Waals surface area (Å²) in [5, 5.41) is 11.4. The van der Waals surface area contributed by atoms with E-state index in [1.54, 1.807) is 0 Å². The van der Waals surface area contributed by atoms with Crippen LogP contribution in [-0.4, -0.2) is 24.1 Å². The minimum Gasteiger partial charge on any atom is -0.330 e. The molecule has 0 aromatic heterocycles. The molecule has 4 nitrogen and oxygen atoms in total. The molecule has 0 aliphatic rings. The molecule has 0 fully saturated rings. The number of thiol groups is 1.